The van der Waals surface area contributed by atoms with Crippen LogP contribution in [0, 0.1) is 0 Å². The van der Waals surface area contributed by atoms with Crippen LogP contribution in [0.3, 0.4) is 0 Å². The van der Waals surface area contributed by atoms with Crippen molar-refractivity contribution in [1.29, 1.82) is 0 Å². The van der Waals surface area contributed by atoms with Gasteiger partial charge in [-0.25, -0.2) is 0 Å². The van der Waals surface area contributed by atoms with Crippen LogP contribution >= 0.6 is 11.8 Å². The first-order valence-corrected chi connectivity index (χ1v) is 7.54. The summed E-state index contributed by atoms with van der Waals surface area (Å²) in [6.07, 6.45) is 9.95. The van der Waals surface area contributed by atoms with Gasteiger partial charge >= 0.3 is 0 Å². The summed E-state index contributed by atoms with van der Waals surface area (Å²) in [5, 5.41) is 3.13. The summed E-state index contributed by atoms with van der Waals surface area (Å²) in [6, 6.07) is 0. The fourth-order valence-electron chi connectivity index (χ4n) is 2.16. The van der Waals surface area contributed by atoms with Gasteiger partial charge in [-0.15, -0.1) is 0 Å². The molecule has 1 saturated carbocycles. The van der Waals surface area contributed by atoms with Gasteiger partial charge in [0.05, 0.1) is 6.54 Å². The maximum atomic E-state index is 5.82. The van der Waals surface area contributed by atoms with Crippen LogP contribution in [-0.2, 0) is 0 Å². The summed E-state index contributed by atoms with van der Waals surface area (Å²) < 4.78 is 0.358. The molecule has 4 heteroatoms. The Bertz CT molecular complexity index is 222. The number of hydrogen-bond donors (Lipinski definition) is 2. The molecule has 0 spiro atoms. The van der Waals surface area contributed by atoms with Crippen molar-refractivity contribution in [2.45, 2.75) is 50.2 Å². The molecule has 1 aliphatic carbocycles. The van der Waals surface area contributed by atoms with Gasteiger partial charge in [0, 0.05) is 11.3 Å². The highest BCUT2D eigenvalue weighted by Gasteiger charge is 2.30. The van der Waals surface area contributed by atoms with E-state index in [-0.39, 0.29) is 0 Å². The minimum Gasteiger partial charge on any atom is -0.370 e. The second-order valence-electron chi connectivity index (χ2n) is 4.58. The van der Waals surface area contributed by atoms with Crippen LogP contribution in [0.4, 0.5) is 0 Å². The smallest absolute Gasteiger partial charge is 0.188 e. The van der Waals surface area contributed by atoms with Gasteiger partial charge in [0.2, 0.25) is 0 Å². The molecule has 0 aromatic rings. The molecule has 3 nitrogen and oxygen atoms in total. The topological polar surface area (TPSA) is 50.4 Å². The number of aliphatic imine (C=N–C) groups is 1. The molecule has 0 bridgehead atoms. The molecule has 0 amide bonds. The Morgan fingerprint density at radius 3 is 2.62 bits per heavy atom. The van der Waals surface area contributed by atoms with Crippen LogP contribution in [0.25, 0.3) is 0 Å². The number of thioether (sulfide) groups is 1. The summed E-state index contributed by atoms with van der Waals surface area (Å²) in [4.78, 5) is 4.49. The van der Waals surface area contributed by atoms with Crippen LogP contribution in [0.5, 0.6) is 0 Å². The molecule has 1 rings (SSSR count). The Morgan fingerprint density at radius 1 is 1.38 bits per heavy atom. The van der Waals surface area contributed by atoms with Gasteiger partial charge < -0.3 is 11.1 Å². The average molecular weight is 243 g/mol. The van der Waals surface area contributed by atoms with Crippen molar-refractivity contribution in [3.63, 3.8) is 0 Å². The first-order chi connectivity index (χ1) is 7.72. The van der Waals surface area contributed by atoms with E-state index in [1.165, 1.54) is 32.1 Å². The van der Waals surface area contributed by atoms with Crippen LogP contribution in [0.15, 0.2) is 4.99 Å². The molecule has 0 aliphatic heterocycles. The van der Waals surface area contributed by atoms with Crippen molar-refractivity contribution in [3.8, 4) is 0 Å². The summed E-state index contributed by atoms with van der Waals surface area (Å²) in [5.41, 5.74) is 5.82. The zero-order valence-electron chi connectivity index (χ0n) is 10.6. The number of rotatable bonds is 5. The lowest BCUT2D eigenvalue weighted by Crippen LogP contribution is -2.36. The molecular weight excluding hydrogens is 218 g/mol. The lowest BCUT2D eigenvalue weighted by Gasteiger charge is -2.34. The molecule has 1 aliphatic rings. The Hall–Kier alpha value is -0.380. The monoisotopic (exact) mass is 243 g/mol. The first kappa shape index (κ1) is 13.7. The third kappa shape index (κ3) is 4.24. The fraction of sp³-hybridized carbons (Fsp3) is 0.917. The molecule has 1 fully saturated rings. The van der Waals surface area contributed by atoms with E-state index in [4.69, 9.17) is 5.73 Å². The van der Waals surface area contributed by atoms with Gasteiger partial charge in [-0.2, -0.15) is 11.8 Å². The minimum atomic E-state index is 0.358. The van der Waals surface area contributed by atoms with Crippen molar-refractivity contribution in [2.75, 3.05) is 19.3 Å². The highest BCUT2D eigenvalue weighted by Crippen LogP contribution is 2.38. The number of nitrogens with two attached hydrogens (primary N) is 1. The van der Waals surface area contributed by atoms with Gasteiger partial charge in [0.1, 0.15) is 0 Å². The lowest BCUT2D eigenvalue weighted by molar-refractivity contribution is 0.405. The maximum Gasteiger partial charge on any atom is 0.188 e. The molecule has 0 heterocycles. The Morgan fingerprint density at radius 2 is 2.06 bits per heavy atom. The molecule has 3 N–H and O–H groups in total. The Balaban J connectivity index is 2.43. The van der Waals surface area contributed by atoms with Crippen molar-refractivity contribution in [1.82, 2.24) is 5.32 Å². The zero-order chi connectivity index (χ0) is 11.9. The summed E-state index contributed by atoms with van der Waals surface area (Å²) in [6.45, 7) is 3.92. The van der Waals surface area contributed by atoms with Crippen molar-refractivity contribution in [3.05, 3.63) is 0 Å². The third-order valence-electron chi connectivity index (χ3n) is 3.29. The van der Waals surface area contributed by atoms with E-state index in [1.807, 2.05) is 11.8 Å². The van der Waals surface area contributed by atoms with Crippen LogP contribution in [0.1, 0.15) is 45.4 Å². The Labute approximate surface area is 104 Å². The van der Waals surface area contributed by atoms with E-state index >= 15 is 0 Å². The van der Waals surface area contributed by atoms with E-state index in [0.717, 1.165) is 19.5 Å². The van der Waals surface area contributed by atoms with Crippen molar-refractivity contribution in [2.24, 2.45) is 10.7 Å². The molecule has 0 aromatic carbocycles. The molecule has 0 saturated heterocycles. The first-order valence-electron chi connectivity index (χ1n) is 6.31. The molecular formula is C12H25N3S. The predicted octanol–water partition coefficient (Wildman–Crippen LogP) is 2.37. The quantitative estimate of drug-likeness (QED) is 0.576. The lowest BCUT2D eigenvalue weighted by atomic mass is 9.88. The van der Waals surface area contributed by atoms with Gasteiger partial charge in [-0.05, 0) is 25.5 Å². The van der Waals surface area contributed by atoms with E-state index in [1.54, 1.807) is 0 Å². The molecule has 0 aromatic heterocycles. The fourth-order valence-corrected chi connectivity index (χ4v) is 3.05. The van der Waals surface area contributed by atoms with Gasteiger partial charge in [-0.1, -0.05) is 26.2 Å². The molecule has 0 unspecified atom stereocenters. The summed E-state index contributed by atoms with van der Waals surface area (Å²) >= 11 is 1.97. The maximum absolute atomic E-state index is 5.82. The number of nitrogens with one attached hydrogen (secondary N) is 1. The number of nitrogens with zero attached hydrogens (tertiary/aromatic N) is 1. The highest BCUT2D eigenvalue weighted by atomic mass is 32.2. The van der Waals surface area contributed by atoms with Crippen LogP contribution in [0.2, 0.25) is 0 Å². The molecule has 0 radical (unpaired) electrons. The number of guanidine groups is 1. The molecule has 94 valence electrons. The van der Waals surface area contributed by atoms with Crippen molar-refractivity contribution >= 4 is 17.7 Å². The van der Waals surface area contributed by atoms with E-state index in [2.05, 4.69) is 23.5 Å². The third-order valence-corrected chi connectivity index (χ3v) is 4.69. The second kappa shape index (κ2) is 7.05. The van der Waals surface area contributed by atoms with Crippen molar-refractivity contribution < 1.29 is 0 Å². The average Bonchev–Trinajstić information content (AvgIpc) is 2.35. The van der Waals surface area contributed by atoms with Crippen LogP contribution < -0.4 is 11.1 Å². The predicted molar refractivity (Wildman–Crippen MR) is 74.1 cm³/mol. The largest absolute Gasteiger partial charge is 0.370 e. The SMILES string of the molecule is CCCNC(N)=NCC1(SC)CCCCC1. The van der Waals surface area contributed by atoms with Gasteiger partial charge in [0.15, 0.2) is 5.96 Å². The van der Waals surface area contributed by atoms with E-state index in [9.17, 15) is 0 Å². The Kier molecular flexibility index (Phi) is 6.03. The highest BCUT2D eigenvalue weighted by molar-refractivity contribution is 8.00. The molecule has 16 heavy (non-hydrogen) atoms. The number of hydrogen-bond acceptors (Lipinski definition) is 2. The van der Waals surface area contributed by atoms with E-state index in [0.29, 0.717) is 10.7 Å². The second-order valence-corrected chi connectivity index (χ2v) is 5.85. The van der Waals surface area contributed by atoms with Gasteiger partial charge in [0.25, 0.3) is 0 Å². The van der Waals surface area contributed by atoms with Crippen LogP contribution in [-0.4, -0.2) is 30.1 Å². The summed E-state index contributed by atoms with van der Waals surface area (Å²) in [5.74, 6) is 0.612. The molecule has 0 atom stereocenters. The van der Waals surface area contributed by atoms with Gasteiger partial charge in [-0.3, -0.25) is 4.99 Å². The minimum absolute atomic E-state index is 0.358. The normalized spacial score (nSPS) is 20.8. The zero-order valence-corrected chi connectivity index (χ0v) is 11.4. The van der Waals surface area contributed by atoms with E-state index < -0.39 is 0 Å². The summed E-state index contributed by atoms with van der Waals surface area (Å²) in [7, 11) is 0. The standard InChI is InChI=1S/C12H25N3S/c1-3-9-14-11(13)15-10-12(16-2)7-5-4-6-8-12/h3-10H2,1-2H3,(H3,13,14,15).